The predicted octanol–water partition coefficient (Wildman–Crippen LogP) is 2.38. The molecule has 0 bridgehead atoms. The standard InChI is InChI=1S/C15H17N3O/c1-2-5-11-9-12(8-10(11)4-1)15-17-14(18-19-15)13-6-3-7-16-13/h1-2,4-5,12-13,16H,3,6-9H2. The van der Waals surface area contributed by atoms with E-state index >= 15 is 0 Å². The number of rotatable bonds is 2. The minimum absolute atomic E-state index is 0.293. The summed E-state index contributed by atoms with van der Waals surface area (Å²) in [4.78, 5) is 4.62. The Hall–Kier alpha value is -1.68. The van der Waals surface area contributed by atoms with E-state index in [0.29, 0.717) is 12.0 Å². The highest BCUT2D eigenvalue weighted by Gasteiger charge is 2.29. The Morgan fingerprint density at radius 2 is 1.95 bits per heavy atom. The molecule has 98 valence electrons. The molecule has 19 heavy (non-hydrogen) atoms. The highest BCUT2D eigenvalue weighted by molar-refractivity contribution is 5.34. The molecule has 4 nitrogen and oxygen atoms in total. The molecule has 1 saturated heterocycles. The molecule has 1 fully saturated rings. The number of aromatic nitrogens is 2. The molecule has 4 heteroatoms. The maximum atomic E-state index is 5.49. The number of fused-ring (bicyclic) bond motifs is 1. The minimum atomic E-state index is 0.293. The normalized spacial score (nSPS) is 22.8. The van der Waals surface area contributed by atoms with E-state index in [1.807, 2.05) is 0 Å². The number of benzene rings is 1. The highest BCUT2D eigenvalue weighted by atomic mass is 16.5. The molecule has 1 aromatic heterocycles. The number of hydrogen-bond donors (Lipinski definition) is 1. The van der Waals surface area contributed by atoms with E-state index < -0.39 is 0 Å². The Bertz CT molecular complexity index is 562. The zero-order chi connectivity index (χ0) is 12.7. The van der Waals surface area contributed by atoms with Crippen LogP contribution in [-0.2, 0) is 12.8 Å². The van der Waals surface area contributed by atoms with Gasteiger partial charge in [-0.15, -0.1) is 0 Å². The van der Waals surface area contributed by atoms with Gasteiger partial charge in [0.2, 0.25) is 5.89 Å². The van der Waals surface area contributed by atoms with Crippen molar-refractivity contribution in [2.24, 2.45) is 0 Å². The van der Waals surface area contributed by atoms with E-state index in [2.05, 4.69) is 39.7 Å². The van der Waals surface area contributed by atoms with Crippen LogP contribution in [0.1, 0.15) is 47.6 Å². The second-order valence-corrected chi connectivity index (χ2v) is 5.51. The van der Waals surface area contributed by atoms with Crippen molar-refractivity contribution in [1.82, 2.24) is 15.5 Å². The molecule has 1 N–H and O–H groups in total. The zero-order valence-electron chi connectivity index (χ0n) is 10.8. The zero-order valence-corrected chi connectivity index (χ0v) is 10.8. The van der Waals surface area contributed by atoms with Crippen LogP contribution in [-0.4, -0.2) is 16.7 Å². The average molecular weight is 255 g/mol. The van der Waals surface area contributed by atoms with Crippen LogP contribution in [0.15, 0.2) is 28.8 Å². The Kier molecular flexibility index (Phi) is 2.62. The van der Waals surface area contributed by atoms with E-state index in [-0.39, 0.29) is 0 Å². The van der Waals surface area contributed by atoms with Crippen molar-refractivity contribution in [3.8, 4) is 0 Å². The van der Waals surface area contributed by atoms with Crippen molar-refractivity contribution < 1.29 is 4.52 Å². The second kappa shape index (κ2) is 4.46. The van der Waals surface area contributed by atoms with Crippen LogP contribution in [0.3, 0.4) is 0 Å². The maximum absolute atomic E-state index is 5.49. The number of nitrogens with one attached hydrogen (secondary N) is 1. The lowest BCUT2D eigenvalue weighted by Crippen LogP contribution is -2.14. The molecule has 1 aliphatic carbocycles. The van der Waals surface area contributed by atoms with Crippen molar-refractivity contribution in [2.75, 3.05) is 6.54 Å². The number of hydrogen-bond acceptors (Lipinski definition) is 4. The first-order valence-electron chi connectivity index (χ1n) is 7.04. The molecule has 2 aromatic rings. The Morgan fingerprint density at radius 3 is 2.63 bits per heavy atom. The van der Waals surface area contributed by atoms with Gasteiger partial charge >= 0.3 is 0 Å². The third-order valence-electron chi connectivity index (χ3n) is 4.23. The third-order valence-corrected chi connectivity index (χ3v) is 4.23. The molecule has 0 spiro atoms. The minimum Gasteiger partial charge on any atom is -0.339 e. The fourth-order valence-corrected chi connectivity index (χ4v) is 3.19. The van der Waals surface area contributed by atoms with Crippen LogP contribution in [0, 0.1) is 0 Å². The van der Waals surface area contributed by atoms with Crippen molar-refractivity contribution in [3.05, 3.63) is 47.1 Å². The van der Waals surface area contributed by atoms with Crippen molar-refractivity contribution in [2.45, 2.75) is 37.6 Å². The van der Waals surface area contributed by atoms with Crippen LogP contribution >= 0.6 is 0 Å². The molecule has 1 unspecified atom stereocenters. The molecular formula is C15H17N3O. The lowest BCUT2D eigenvalue weighted by molar-refractivity contribution is 0.348. The van der Waals surface area contributed by atoms with Crippen molar-refractivity contribution >= 4 is 0 Å². The van der Waals surface area contributed by atoms with E-state index in [0.717, 1.165) is 37.5 Å². The summed E-state index contributed by atoms with van der Waals surface area (Å²) in [5, 5.41) is 7.57. The summed E-state index contributed by atoms with van der Waals surface area (Å²) in [6.07, 6.45) is 4.36. The first kappa shape index (κ1) is 11.2. The van der Waals surface area contributed by atoms with Crippen LogP contribution in [0.4, 0.5) is 0 Å². The van der Waals surface area contributed by atoms with Gasteiger partial charge in [-0.2, -0.15) is 4.98 Å². The molecule has 4 rings (SSSR count). The van der Waals surface area contributed by atoms with Crippen LogP contribution in [0.2, 0.25) is 0 Å². The molecule has 1 aliphatic heterocycles. The van der Waals surface area contributed by atoms with Crippen molar-refractivity contribution in [1.29, 1.82) is 0 Å². The molecule has 2 heterocycles. The summed E-state index contributed by atoms with van der Waals surface area (Å²) < 4.78 is 5.49. The van der Waals surface area contributed by atoms with Crippen molar-refractivity contribution in [3.63, 3.8) is 0 Å². The topological polar surface area (TPSA) is 51.0 Å². The van der Waals surface area contributed by atoms with Gasteiger partial charge in [0.25, 0.3) is 0 Å². The first-order chi connectivity index (χ1) is 9.40. The van der Waals surface area contributed by atoms with Gasteiger partial charge in [-0.1, -0.05) is 29.4 Å². The molecule has 0 amide bonds. The summed E-state index contributed by atoms with van der Waals surface area (Å²) in [7, 11) is 0. The fraction of sp³-hybridized carbons (Fsp3) is 0.467. The SMILES string of the molecule is c1ccc2c(c1)CC(c1nc(C3CCCN3)no1)C2. The van der Waals surface area contributed by atoms with Crippen LogP contribution < -0.4 is 5.32 Å². The first-order valence-corrected chi connectivity index (χ1v) is 7.04. The molecule has 0 radical (unpaired) electrons. The number of nitrogens with zero attached hydrogens (tertiary/aromatic N) is 2. The van der Waals surface area contributed by atoms with E-state index in [1.54, 1.807) is 0 Å². The molecule has 2 aliphatic rings. The van der Waals surface area contributed by atoms with Crippen LogP contribution in [0.25, 0.3) is 0 Å². The monoisotopic (exact) mass is 255 g/mol. The molecule has 1 atom stereocenters. The summed E-state index contributed by atoms with van der Waals surface area (Å²) in [6.45, 7) is 1.06. The van der Waals surface area contributed by atoms with Gasteiger partial charge in [0.1, 0.15) is 0 Å². The lowest BCUT2D eigenvalue weighted by atomic mass is 10.1. The average Bonchev–Trinajstić information content (AvgIpc) is 3.17. The predicted molar refractivity (Wildman–Crippen MR) is 70.9 cm³/mol. The molecular weight excluding hydrogens is 238 g/mol. The van der Waals surface area contributed by atoms with E-state index in [9.17, 15) is 0 Å². The lowest BCUT2D eigenvalue weighted by Gasteiger charge is -2.03. The third kappa shape index (κ3) is 1.96. The fourth-order valence-electron chi connectivity index (χ4n) is 3.19. The summed E-state index contributed by atoms with van der Waals surface area (Å²) in [5.41, 5.74) is 2.84. The summed E-state index contributed by atoms with van der Waals surface area (Å²) in [5.74, 6) is 2.00. The quantitative estimate of drug-likeness (QED) is 0.895. The molecule has 0 saturated carbocycles. The Morgan fingerprint density at radius 1 is 1.16 bits per heavy atom. The van der Waals surface area contributed by atoms with Gasteiger partial charge in [0.05, 0.1) is 6.04 Å². The van der Waals surface area contributed by atoms with E-state index in [4.69, 9.17) is 4.52 Å². The van der Waals surface area contributed by atoms with Gasteiger partial charge in [-0.05, 0) is 43.4 Å². The maximum Gasteiger partial charge on any atom is 0.230 e. The summed E-state index contributed by atoms with van der Waals surface area (Å²) in [6, 6.07) is 8.89. The van der Waals surface area contributed by atoms with Gasteiger partial charge in [-0.3, -0.25) is 0 Å². The Labute approximate surface area is 112 Å². The van der Waals surface area contributed by atoms with Gasteiger partial charge in [0, 0.05) is 5.92 Å². The Balaban J connectivity index is 1.55. The van der Waals surface area contributed by atoms with E-state index in [1.165, 1.54) is 17.5 Å². The van der Waals surface area contributed by atoms with Gasteiger partial charge in [-0.25, -0.2) is 0 Å². The van der Waals surface area contributed by atoms with Crippen LogP contribution in [0.5, 0.6) is 0 Å². The second-order valence-electron chi connectivity index (χ2n) is 5.51. The molecule has 1 aromatic carbocycles. The smallest absolute Gasteiger partial charge is 0.230 e. The van der Waals surface area contributed by atoms with Gasteiger partial charge in [0.15, 0.2) is 5.82 Å². The largest absolute Gasteiger partial charge is 0.339 e. The highest BCUT2D eigenvalue weighted by Crippen LogP contribution is 2.33. The summed E-state index contributed by atoms with van der Waals surface area (Å²) >= 11 is 0. The van der Waals surface area contributed by atoms with Gasteiger partial charge < -0.3 is 9.84 Å².